The molecule has 1 heterocycles. The van der Waals surface area contributed by atoms with Crippen molar-refractivity contribution in [2.45, 2.75) is 13.3 Å². The Hall–Kier alpha value is -1.78. The molecule has 2 N–H and O–H groups in total. The minimum absolute atomic E-state index is 0.0239. The van der Waals surface area contributed by atoms with Crippen molar-refractivity contribution < 1.29 is 19.1 Å². The van der Waals surface area contributed by atoms with Crippen LogP contribution in [0.2, 0.25) is 0 Å². The van der Waals surface area contributed by atoms with Crippen molar-refractivity contribution in [3.8, 4) is 0 Å². The summed E-state index contributed by atoms with van der Waals surface area (Å²) in [6.07, 6.45) is 0.818. The van der Waals surface area contributed by atoms with Gasteiger partial charge in [-0.05, 0) is 18.6 Å². The molecule has 5 nitrogen and oxygen atoms in total. The number of carbonyl (C=O) groups excluding carboxylic acids is 1. The molecule has 0 bridgehead atoms. The first-order chi connectivity index (χ1) is 6.65. The second-order valence-electron chi connectivity index (χ2n) is 2.72. The molecule has 5 heteroatoms. The summed E-state index contributed by atoms with van der Waals surface area (Å²) in [5.74, 6) is -1.78. The molecular weight excluding hydrogens is 186 g/mol. The van der Waals surface area contributed by atoms with Crippen molar-refractivity contribution >= 4 is 11.9 Å². The molecule has 14 heavy (non-hydrogen) atoms. The molecule has 0 fully saturated rings. The van der Waals surface area contributed by atoms with Crippen LogP contribution in [-0.4, -0.2) is 23.5 Å². The molecule has 1 rings (SSSR count). The van der Waals surface area contributed by atoms with Crippen LogP contribution in [0.4, 0.5) is 0 Å². The Morgan fingerprint density at radius 2 is 2.07 bits per heavy atom. The summed E-state index contributed by atoms with van der Waals surface area (Å²) in [7, 11) is 0. The van der Waals surface area contributed by atoms with E-state index in [1.807, 2.05) is 6.92 Å². The highest BCUT2D eigenvalue weighted by Crippen LogP contribution is 2.07. The highest BCUT2D eigenvalue weighted by atomic mass is 16.4. The topological polar surface area (TPSA) is 79.5 Å². The van der Waals surface area contributed by atoms with Gasteiger partial charge in [0.2, 0.25) is 5.76 Å². The maximum Gasteiger partial charge on any atom is 0.371 e. The first-order valence-electron chi connectivity index (χ1n) is 4.26. The molecule has 0 saturated heterocycles. The zero-order valence-electron chi connectivity index (χ0n) is 7.74. The first kappa shape index (κ1) is 10.3. The maximum atomic E-state index is 11.2. The monoisotopic (exact) mass is 197 g/mol. The van der Waals surface area contributed by atoms with Crippen molar-refractivity contribution in [1.29, 1.82) is 0 Å². The Labute approximate surface area is 80.7 Å². The summed E-state index contributed by atoms with van der Waals surface area (Å²) >= 11 is 0. The Morgan fingerprint density at radius 1 is 1.43 bits per heavy atom. The van der Waals surface area contributed by atoms with Crippen molar-refractivity contribution in [1.82, 2.24) is 5.32 Å². The average molecular weight is 197 g/mol. The Bertz CT molecular complexity index is 342. The van der Waals surface area contributed by atoms with Crippen LogP contribution in [-0.2, 0) is 0 Å². The predicted molar refractivity (Wildman–Crippen MR) is 48.3 cm³/mol. The lowest BCUT2D eigenvalue weighted by atomic mass is 10.4. The van der Waals surface area contributed by atoms with Gasteiger partial charge in [-0.1, -0.05) is 6.92 Å². The molecule has 0 radical (unpaired) electrons. The van der Waals surface area contributed by atoms with E-state index in [0.717, 1.165) is 6.42 Å². The molecule has 1 aromatic heterocycles. The minimum Gasteiger partial charge on any atom is -0.475 e. The lowest BCUT2D eigenvalue weighted by Gasteiger charge is -1.98. The molecule has 1 aromatic rings. The van der Waals surface area contributed by atoms with E-state index < -0.39 is 5.97 Å². The SMILES string of the molecule is CCCNC(=O)c1ccc(C(=O)O)o1. The number of aromatic carboxylic acids is 1. The Morgan fingerprint density at radius 3 is 2.57 bits per heavy atom. The zero-order valence-corrected chi connectivity index (χ0v) is 7.74. The smallest absolute Gasteiger partial charge is 0.371 e. The molecule has 0 unspecified atom stereocenters. The second-order valence-corrected chi connectivity index (χ2v) is 2.72. The Kier molecular flexibility index (Phi) is 3.28. The van der Waals surface area contributed by atoms with Gasteiger partial charge >= 0.3 is 5.97 Å². The van der Waals surface area contributed by atoms with E-state index in [2.05, 4.69) is 5.32 Å². The summed E-state index contributed by atoms with van der Waals surface area (Å²) < 4.78 is 4.79. The summed E-state index contributed by atoms with van der Waals surface area (Å²) in [5.41, 5.74) is 0. The molecule has 0 aliphatic rings. The van der Waals surface area contributed by atoms with Crippen molar-refractivity contribution in [3.05, 3.63) is 23.7 Å². The van der Waals surface area contributed by atoms with E-state index in [1.54, 1.807) is 0 Å². The van der Waals surface area contributed by atoms with Crippen molar-refractivity contribution in [2.75, 3.05) is 6.54 Å². The predicted octanol–water partition coefficient (Wildman–Crippen LogP) is 1.12. The van der Waals surface area contributed by atoms with Gasteiger partial charge < -0.3 is 14.8 Å². The highest BCUT2D eigenvalue weighted by molar-refractivity contribution is 5.93. The van der Waals surface area contributed by atoms with E-state index in [-0.39, 0.29) is 17.4 Å². The molecule has 1 amide bonds. The summed E-state index contributed by atoms with van der Waals surface area (Å²) in [4.78, 5) is 21.7. The van der Waals surface area contributed by atoms with Gasteiger partial charge in [-0.25, -0.2) is 4.79 Å². The number of hydrogen-bond acceptors (Lipinski definition) is 3. The lowest BCUT2D eigenvalue weighted by Crippen LogP contribution is -2.23. The molecule has 0 saturated carbocycles. The van der Waals surface area contributed by atoms with Gasteiger partial charge in [-0.3, -0.25) is 4.79 Å². The molecule has 76 valence electrons. The third-order valence-electron chi connectivity index (χ3n) is 1.58. The van der Waals surface area contributed by atoms with Crippen LogP contribution in [0.1, 0.15) is 34.5 Å². The van der Waals surface area contributed by atoms with E-state index in [0.29, 0.717) is 6.54 Å². The van der Waals surface area contributed by atoms with Crippen LogP contribution in [0.25, 0.3) is 0 Å². The van der Waals surface area contributed by atoms with E-state index >= 15 is 0 Å². The van der Waals surface area contributed by atoms with Crippen molar-refractivity contribution in [2.24, 2.45) is 0 Å². The lowest BCUT2D eigenvalue weighted by molar-refractivity contribution is 0.0659. The van der Waals surface area contributed by atoms with Crippen molar-refractivity contribution in [3.63, 3.8) is 0 Å². The fourth-order valence-electron chi connectivity index (χ4n) is 0.901. The van der Waals surface area contributed by atoms with Gasteiger partial charge in [0.1, 0.15) is 0 Å². The molecule has 0 aliphatic heterocycles. The largest absolute Gasteiger partial charge is 0.475 e. The van der Waals surface area contributed by atoms with E-state index in [4.69, 9.17) is 9.52 Å². The summed E-state index contributed by atoms with van der Waals surface area (Å²) in [6.45, 7) is 2.47. The van der Waals surface area contributed by atoms with Gasteiger partial charge in [-0.15, -0.1) is 0 Å². The van der Waals surface area contributed by atoms with Gasteiger partial charge in [0.25, 0.3) is 5.91 Å². The van der Waals surface area contributed by atoms with Gasteiger partial charge in [-0.2, -0.15) is 0 Å². The Balaban J connectivity index is 2.66. The van der Waals surface area contributed by atoms with Gasteiger partial charge in [0, 0.05) is 6.54 Å². The number of amides is 1. The average Bonchev–Trinajstić information content (AvgIpc) is 2.62. The number of carboxylic acids is 1. The van der Waals surface area contributed by atoms with Crippen LogP contribution in [0.15, 0.2) is 16.5 Å². The quantitative estimate of drug-likeness (QED) is 0.757. The molecule has 0 aliphatic carbocycles. The molecule has 0 aromatic carbocycles. The molecule has 0 atom stereocenters. The normalized spacial score (nSPS) is 9.79. The number of carbonyl (C=O) groups is 2. The minimum atomic E-state index is -1.18. The van der Waals surface area contributed by atoms with Gasteiger partial charge in [0.15, 0.2) is 5.76 Å². The molecule has 0 spiro atoms. The molecular formula is C9H11NO4. The number of carboxylic acid groups (broad SMARTS) is 1. The van der Waals surface area contributed by atoms with Gasteiger partial charge in [0.05, 0.1) is 0 Å². The van der Waals surface area contributed by atoms with Crippen LogP contribution in [0.3, 0.4) is 0 Å². The van der Waals surface area contributed by atoms with Crippen LogP contribution in [0, 0.1) is 0 Å². The van der Waals surface area contributed by atoms with Crippen LogP contribution >= 0.6 is 0 Å². The van der Waals surface area contributed by atoms with Crippen LogP contribution in [0.5, 0.6) is 0 Å². The maximum absolute atomic E-state index is 11.2. The zero-order chi connectivity index (χ0) is 10.6. The fourth-order valence-corrected chi connectivity index (χ4v) is 0.901. The summed E-state index contributed by atoms with van der Waals surface area (Å²) in [5, 5.41) is 11.1. The standard InChI is InChI=1S/C9H11NO4/c1-2-5-10-8(11)6-3-4-7(14-6)9(12)13/h3-4H,2,5H2,1H3,(H,10,11)(H,12,13). The number of hydrogen-bond donors (Lipinski definition) is 2. The first-order valence-corrected chi connectivity index (χ1v) is 4.26. The number of nitrogens with one attached hydrogen (secondary N) is 1. The third-order valence-corrected chi connectivity index (χ3v) is 1.58. The number of furan rings is 1. The number of rotatable bonds is 4. The summed E-state index contributed by atoms with van der Waals surface area (Å²) in [6, 6.07) is 2.59. The highest BCUT2D eigenvalue weighted by Gasteiger charge is 2.13. The third kappa shape index (κ3) is 2.35. The van der Waals surface area contributed by atoms with E-state index in [1.165, 1.54) is 12.1 Å². The van der Waals surface area contributed by atoms with E-state index in [9.17, 15) is 9.59 Å². The second kappa shape index (κ2) is 4.45. The van der Waals surface area contributed by atoms with Crippen LogP contribution < -0.4 is 5.32 Å². The fraction of sp³-hybridized carbons (Fsp3) is 0.333.